The Labute approximate surface area is 93.6 Å². The van der Waals surface area contributed by atoms with E-state index in [1.165, 1.54) is 0 Å². The number of hydrogen-bond donors (Lipinski definition) is 1. The molecule has 0 saturated carbocycles. The molecule has 15 heavy (non-hydrogen) atoms. The van der Waals surface area contributed by atoms with Crippen molar-refractivity contribution < 1.29 is 0 Å². The molecule has 0 spiro atoms. The molecule has 76 valence electrons. The lowest BCUT2D eigenvalue weighted by Gasteiger charge is -2.00. The van der Waals surface area contributed by atoms with E-state index in [4.69, 9.17) is 11.6 Å². The Hall–Kier alpha value is -1.54. The van der Waals surface area contributed by atoms with Crippen LogP contribution in [0, 0.1) is 6.92 Å². The van der Waals surface area contributed by atoms with E-state index >= 15 is 0 Å². The summed E-state index contributed by atoms with van der Waals surface area (Å²) in [4.78, 5) is 7.43. The molecule has 2 nitrogen and oxygen atoms in total. The second kappa shape index (κ2) is 4.32. The molecular formula is C12H11ClN2. The van der Waals surface area contributed by atoms with Gasteiger partial charge >= 0.3 is 0 Å². The van der Waals surface area contributed by atoms with E-state index in [1.54, 1.807) is 6.21 Å². The zero-order valence-corrected chi connectivity index (χ0v) is 9.12. The van der Waals surface area contributed by atoms with Gasteiger partial charge in [0.1, 0.15) is 0 Å². The van der Waals surface area contributed by atoms with Gasteiger partial charge in [-0.1, -0.05) is 17.7 Å². The molecule has 0 aliphatic heterocycles. The van der Waals surface area contributed by atoms with Crippen LogP contribution in [0.4, 0.5) is 5.69 Å². The number of benzene rings is 1. The Morgan fingerprint density at radius 2 is 2.13 bits per heavy atom. The number of aliphatic imine (C=N–C) groups is 1. The smallest absolute Gasteiger partial charge is 0.0674 e. The Morgan fingerprint density at radius 3 is 2.87 bits per heavy atom. The highest BCUT2D eigenvalue weighted by atomic mass is 35.5. The van der Waals surface area contributed by atoms with Crippen molar-refractivity contribution in [2.45, 2.75) is 6.92 Å². The van der Waals surface area contributed by atoms with Crippen molar-refractivity contribution in [3.05, 3.63) is 52.8 Å². The molecule has 2 aromatic rings. The maximum Gasteiger partial charge on any atom is 0.0674 e. The molecule has 1 aromatic heterocycles. The van der Waals surface area contributed by atoms with Crippen LogP contribution in [0.25, 0.3) is 0 Å². The molecule has 1 N–H and O–H groups in total. The summed E-state index contributed by atoms with van der Waals surface area (Å²) in [6.07, 6.45) is 3.66. The van der Waals surface area contributed by atoms with Crippen molar-refractivity contribution >= 4 is 23.5 Å². The van der Waals surface area contributed by atoms with Gasteiger partial charge in [-0.15, -0.1) is 0 Å². The van der Waals surface area contributed by atoms with Crippen LogP contribution in [0.5, 0.6) is 0 Å². The molecular weight excluding hydrogens is 208 g/mol. The number of halogens is 1. The number of aromatic nitrogens is 1. The average Bonchev–Trinajstić information content (AvgIpc) is 2.73. The molecule has 1 aromatic carbocycles. The van der Waals surface area contributed by atoms with Crippen molar-refractivity contribution in [1.82, 2.24) is 4.98 Å². The van der Waals surface area contributed by atoms with Gasteiger partial charge in [0.05, 0.1) is 17.6 Å². The van der Waals surface area contributed by atoms with Gasteiger partial charge in [-0.25, -0.2) is 0 Å². The Balaban J connectivity index is 2.28. The minimum atomic E-state index is 0.746. The molecule has 0 unspecified atom stereocenters. The Bertz CT molecular complexity index is 472. The van der Waals surface area contributed by atoms with Gasteiger partial charge in [0, 0.05) is 11.2 Å². The van der Waals surface area contributed by atoms with Crippen molar-refractivity contribution in [2.75, 3.05) is 0 Å². The molecule has 0 aliphatic carbocycles. The number of nitrogens with zero attached hydrogens (tertiary/aromatic N) is 1. The zero-order chi connectivity index (χ0) is 10.7. The SMILES string of the molecule is Cc1c(Cl)cccc1N=Cc1ccc[nH]1. The number of hydrogen-bond acceptors (Lipinski definition) is 1. The predicted octanol–water partition coefficient (Wildman–Crippen LogP) is 3.73. The Morgan fingerprint density at radius 1 is 1.27 bits per heavy atom. The molecule has 0 bridgehead atoms. The average molecular weight is 219 g/mol. The zero-order valence-electron chi connectivity index (χ0n) is 8.37. The quantitative estimate of drug-likeness (QED) is 0.745. The van der Waals surface area contributed by atoms with Gasteiger partial charge < -0.3 is 4.98 Å². The summed E-state index contributed by atoms with van der Waals surface area (Å²) < 4.78 is 0. The fourth-order valence-electron chi connectivity index (χ4n) is 1.30. The third-order valence-corrected chi connectivity index (χ3v) is 2.61. The summed E-state index contributed by atoms with van der Waals surface area (Å²) in [5.74, 6) is 0. The lowest BCUT2D eigenvalue weighted by atomic mass is 10.2. The van der Waals surface area contributed by atoms with Crippen LogP contribution in [0.15, 0.2) is 41.5 Å². The fourth-order valence-corrected chi connectivity index (χ4v) is 1.47. The highest BCUT2D eigenvalue weighted by Gasteiger charge is 1.99. The summed E-state index contributed by atoms with van der Waals surface area (Å²) in [5, 5.41) is 0.746. The topological polar surface area (TPSA) is 28.1 Å². The number of H-pyrrole nitrogens is 1. The molecule has 0 radical (unpaired) electrons. The van der Waals surface area contributed by atoms with Gasteiger partial charge in [-0.3, -0.25) is 4.99 Å². The van der Waals surface area contributed by atoms with E-state index in [1.807, 2.05) is 43.5 Å². The highest BCUT2D eigenvalue weighted by molar-refractivity contribution is 6.31. The number of rotatable bonds is 2. The van der Waals surface area contributed by atoms with Crippen LogP contribution in [-0.2, 0) is 0 Å². The van der Waals surface area contributed by atoms with E-state index in [0.717, 1.165) is 22.0 Å². The van der Waals surface area contributed by atoms with Crippen molar-refractivity contribution in [1.29, 1.82) is 0 Å². The fraction of sp³-hybridized carbons (Fsp3) is 0.0833. The van der Waals surface area contributed by atoms with E-state index < -0.39 is 0 Å². The molecule has 0 saturated heterocycles. The highest BCUT2D eigenvalue weighted by Crippen LogP contribution is 2.25. The molecule has 3 heteroatoms. The third-order valence-electron chi connectivity index (χ3n) is 2.20. The van der Waals surface area contributed by atoms with Crippen LogP contribution in [0.3, 0.4) is 0 Å². The summed E-state index contributed by atoms with van der Waals surface area (Å²) in [7, 11) is 0. The number of nitrogens with one attached hydrogen (secondary N) is 1. The summed E-state index contributed by atoms with van der Waals surface area (Å²) >= 11 is 5.99. The maximum atomic E-state index is 5.99. The molecule has 0 amide bonds. The van der Waals surface area contributed by atoms with E-state index in [9.17, 15) is 0 Å². The standard InChI is InChI=1S/C12H11ClN2/c1-9-11(13)5-2-6-12(9)15-8-10-4-3-7-14-10/h2-8,14H,1H3. The lowest BCUT2D eigenvalue weighted by Crippen LogP contribution is -1.80. The van der Waals surface area contributed by atoms with Crippen LogP contribution in [0.1, 0.15) is 11.3 Å². The van der Waals surface area contributed by atoms with E-state index in [2.05, 4.69) is 9.98 Å². The van der Waals surface area contributed by atoms with E-state index in [0.29, 0.717) is 0 Å². The van der Waals surface area contributed by atoms with Gasteiger partial charge in [0.25, 0.3) is 0 Å². The molecule has 2 rings (SSSR count). The number of aromatic amines is 1. The Kier molecular flexibility index (Phi) is 2.88. The van der Waals surface area contributed by atoms with Gasteiger partial charge in [0.2, 0.25) is 0 Å². The largest absolute Gasteiger partial charge is 0.360 e. The normalized spacial score (nSPS) is 11.1. The lowest BCUT2D eigenvalue weighted by molar-refractivity contribution is 1.36. The third kappa shape index (κ3) is 2.28. The molecule has 0 aliphatic rings. The predicted molar refractivity (Wildman–Crippen MR) is 64.2 cm³/mol. The summed E-state index contributed by atoms with van der Waals surface area (Å²) in [5.41, 5.74) is 2.88. The minimum absolute atomic E-state index is 0.746. The van der Waals surface area contributed by atoms with E-state index in [-0.39, 0.29) is 0 Å². The first kappa shape index (κ1) is 9.99. The first-order chi connectivity index (χ1) is 7.27. The monoisotopic (exact) mass is 218 g/mol. The maximum absolute atomic E-state index is 5.99. The van der Waals surface area contributed by atoms with Gasteiger partial charge in [-0.05, 0) is 36.8 Å². The van der Waals surface area contributed by atoms with Gasteiger partial charge in [0.15, 0.2) is 0 Å². The van der Waals surface area contributed by atoms with Crippen LogP contribution >= 0.6 is 11.6 Å². The molecule has 1 heterocycles. The molecule has 0 atom stereocenters. The van der Waals surface area contributed by atoms with Crippen molar-refractivity contribution in [2.24, 2.45) is 4.99 Å². The van der Waals surface area contributed by atoms with Crippen LogP contribution < -0.4 is 0 Å². The summed E-state index contributed by atoms with van der Waals surface area (Å²) in [6.45, 7) is 1.96. The first-order valence-corrected chi connectivity index (χ1v) is 5.08. The van der Waals surface area contributed by atoms with Gasteiger partial charge in [-0.2, -0.15) is 0 Å². The van der Waals surface area contributed by atoms with Crippen LogP contribution in [-0.4, -0.2) is 11.2 Å². The summed E-state index contributed by atoms with van der Waals surface area (Å²) in [6, 6.07) is 9.61. The van der Waals surface area contributed by atoms with Crippen molar-refractivity contribution in [3.63, 3.8) is 0 Å². The first-order valence-electron chi connectivity index (χ1n) is 4.70. The minimum Gasteiger partial charge on any atom is -0.360 e. The van der Waals surface area contributed by atoms with Crippen LogP contribution in [0.2, 0.25) is 5.02 Å². The molecule has 0 fully saturated rings. The second-order valence-corrected chi connectivity index (χ2v) is 3.67. The van der Waals surface area contributed by atoms with Crippen molar-refractivity contribution in [3.8, 4) is 0 Å². The second-order valence-electron chi connectivity index (χ2n) is 3.27.